The van der Waals surface area contributed by atoms with Crippen LogP contribution in [0, 0.1) is 0 Å². The standard InChI is InChI=1S/2C26H33.C2H7Si.2ClH.Zr/c2*1-16(2)20-13-21(17(3)4)15-22(14-20)25-23-12-18(5)11-19(23)9-10-24(25)26(6,7)8;1-3-2;;;/h2*9-17H,1-8H3;3H,1-2H3;2*1H;/q;;;;;+2/p-2. The molecule has 2 unspecified atom stereocenters. The first-order chi connectivity index (χ1) is 26.7. The van der Waals surface area contributed by atoms with Crippen molar-refractivity contribution in [1.82, 2.24) is 0 Å². The summed E-state index contributed by atoms with van der Waals surface area (Å²) >= 11 is -4.97. The van der Waals surface area contributed by atoms with Gasteiger partial charge in [0.25, 0.3) is 0 Å². The van der Waals surface area contributed by atoms with Crippen LogP contribution in [0.4, 0.5) is 0 Å². The van der Waals surface area contributed by atoms with Gasteiger partial charge in [-0.15, -0.1) is 0 Å². The van der Waals surface area contributed by atoms with Crippen molar-refractivity contribution in [3.05, 3.63) is 127 Å². The zero-order valence-corrected chi connectivity index (χ0v) is 44.4. The van der Waals surface area contributed by atoms with E-state index in [1.807, 2.05) is 0 Å². The number of halogens is 2. The molecule has 0 fully saturated rings. The van der Waals surface area contributed by atoms with Gasteiger partial charge in [-0.2, -0.15) is 0 Å². The molecule has 0 spiro atoms. The van der Waals surface area contributed by atoms with Crippen LogP contribution in [0.3, 0.4) is 0 Å². The van der Waals surface area contributed by atoms with Gasteiger partial charge >= 0.3 is 366 Å². The Balaban J connectivity index is 1.65. The van der Waals surface area contributed by atoms with E-state index in [2.05, 4.69) is 197 Å². The van der Waals surface area contributed by atoms with Gasteiger partial charge in [0, 0.05) is 0 Å². The fourth-order valence-electron chi connectivity index (χ4n) is 10.3. The van der Waals surface area contributed by atoms with Crippen LogP contribution < -0.4 is 0 Å². The number of hydrogen-bond donors (Lipinski definition) is 0. The predicted molar refractivity (Wildman–Crippen MR) is 261 cm³/mol. The first kappa shape index (κ1) is 45.6. The van der Waals surface area contributed by atoms with Crippen LogP contribution in [0.5, 0.6) is 0 Å². The molecule has 0 saturated heterocycles. The maximum atomic E-state index is 8.87. The van der Waals surface area contributed by atoms with Gasteiger partial charge in [-0.05, 0) is 0 Å². The van der Waals surface area contributed by atoms with Crippen LogP contribution in [0.2, 0.25) is 13.1 Å². The van der Waals surface area contributed by atoms with Gasteiger partial charge in [-0.1, -0.05) is 0 Å². The summed E-state index contributed by atoms with van der Waals surface area (Å²) in [5, 5.41) is 0. The fourth-order valence-corrected chi connectivity index (χ4v) is 43.3. The molecule has 0 aliphatic heterocycles. The second kappa shape index (κ2) is 15.7. The molecular weight excluding hydrogens is 839 g/mol. The van der Waals surface area contributed by atoms with E-state index in [9.17, 15) is 0 Å². The summed E-state index contributed by atoms with van der Waals surface area (Å²) in [6.45, 7) is 42.4. The summed E-state index contributed by atoms with van der Waals surface area (Å²) in [6.07, 6.45) is 5.01. The Hall–Kier alpha value is -1.96. The van der Waals surface area contributed by atoms with Crippen LogP contribution in [0.1, 0.15) is 197 Å². The Labute approximate surface area is 363 Å². The zero-order chi connectivity index (χ0) is 43.2. The van der Waals surface area contributed by atoms with E-state index >= 15 is 0 Å². The number of hydrogen-bond acceptors (Lipinski definition) is 0. The summed E-state index contributed by atoms with van der Waals surface area (Å²) in [5.41, 5.74) is 21.8. The molecule has 2 atom stereocenters. The molecule has 2 aliphatic carbocycles. The quantitative estimate of drug-likeness (QED) is 0.147. The van der Waals surface area contributed by atoms with Gasteiger partial charge < -0.3 is 0 Å². The fraction of sp³-hybridized carbons (Fsp3) is 0.481. The molecule has 0 amide bonds. The second-order valence-corrected chi connectivity index (χ2v) is 64.4. The van der Waals surface area contributed by atoms with Gasteiger partial charge in [0.15, 0.2) is 0 Å². The minimum absolute atomic E-state index is 0.0407. The number of rotatable bonds is 9. The SMILES string of the molecule is CC1=Cc2c(ccc(C(C)(C)C)c2-c2cc(C(C)C)cc(C(C)C)c2)[CH]1[Zr]([Cl])([Cl])([CH]1C(C)=Cc2c1ccc(C(C)(C)C)c2-c1cc(C(C)C)cc(C(C)C)c1)[SiH](C)C. The molecule has 6 rings (SSSR count). The van der Waals surface area contributed by atoms with Crippen molar-refractivity contribution in [2.45, 2.75) is 166 Å². The third-order valence-corrected chi connectivity index (χ3v) is 66.1. The minimum atomic E-state index is -4.97. The van der Waals surface area contributed by atoms with E-state index in [-0.39, 0.29) is 18.1 Å². The Bertz CT molecular complexity index is 2110. The molecule has 0 heterocycles. The molecular formula is C54H73Cl2SiZr. The summed E-state index contributed by atoms with van der Waals surface area (Å²) in [5.74, 6) is 0.0363. The third-order valence-electron chi connectivity index (χ3n) is 13.9. The Morgan fingerprint density at radius 1 is 0.500 bits per heavy atom. The van der Waals surface area contributed by atoms with E-state index < -0.39 is 21.5 Å². The molecule has 58 heavy (non-hydrogen) atoms. The van der Waals surface area contributed by atoms with E-state index in [4.69, 9.17) is 17.0 Å². The van der Waals surface area contributed by atoms with Crippen molar-refractivity contribution in [2.24, 2.45) is 0 Å². The first-order valence-corrected chi connectivity index (χ1v) is 38.6. The molecule has 0 nitrogen and oxygen atoms in total. The number of fused-ring (bicyclic) bond motifs is 2. The van der Waals surface area contributed by atoms with Gasteiger partial charge in [0.2, 0.25) is 0 Å². The molecule has 4 aromatic rings. The Morgan fingerprint density at radius 2 is 0.793 bits per heavy atom. The van der Waals surface area contributed by atoms with Crippen molar-refractivity contribution in [3.8, 4) is 22.3 Å². The van der Waals surface area contributed by atoms with E-state index in [0.29, 0.717) is 23.7 Å². The van der Waals surface area contributed by atoms with Gasteiger partial charge in [-0.3, -0.25) is 0 Å². The summed E-state index contributed by atoms with van der Waals surface area (Å²) < 4.78 is 0.0813. The molecule has 0 saturated carbocycles. The molecule has 4 heteroatoms. The molecule has 0 bridgehead atoms. The van der Waals surface area contributed by atoms with E-state index in [0.717, 1.165) is 0 Å². The summed E-state index contributed by atoms with van der Waals surface area (Å²) in [6, 6.07) is 24.5. The molecule has 0 N–H and O–H groups in total. The topological polar surface area (TPSA) is 0 Å². The van der Waals surface area contributed by atoms with Crippen LogP contribution in [0.25, 0.3) is 34.4 Å². The zero-order valence-electron chi connectivity index (χ0n) is 39.2. The maximum absolute atomic E-state index is 8.87. The monoisotopic (exact) mass is 909 g/mol. The average Bonchev–Trinajstić information content (AvgIpc) is 3.65. The van der Waals surface area contributed by atoms with Gasteiger partial charge in [0.05, 0.1) is 0 Å². The molecule has 2 aliphatic rings. The van der Waals surface area contributed by atoms with Crippen LogP contribution in [-0.2, 0) is 26.4 Å². The first-order valence-electron chi connectivity index (χ1n) is 22.3. The van der Waals surface area contributed by atoms with Gasteiger partial charge in [-0.25, -0.2) is 0 Å². The van der Waals surface area contributed by atoms with Crippen molar-refractivity contribution >= 4 is 35.1 Å². The normalized spacial score (nSPS) is 18.0. The Kier molecular flexibility index (Phi) is 12.4. The summed E-state index contributed by atoms with van der Waals surface area (Å²) in [4.78, 5) is 0. The van der Waals surface area contributed by atoms with E-state index in [1.165, 1.54) is 89.0 Å². The number of allylic oxidation sites excluding steroid dienone is 2. The van der Waals surface area contributed by atoms with Gasteiger partial charge in [0.1, 0.15) is 0 Å². The third kappa shape index (κ3) is 7.75. The van der Waals surface area contributed by atoms with E-state index in [1.54, 1.807) is 0 Å². The van der Waals surface area contributed by atoms with Crippen LogP contribution in [0.15, 0.2) is 71.8 Å². The van der Waals surface area contributed by atoms with Crippen LogP contribution in [-0.4, -0.2) is 5.92 Å². The average molecular weight is 912 g/mol. The summed E-state index contributed by atoms with van der Waals surface area (Å²) in [7, 11) is 17.7. The molecule has 311 valence electrons. The van der Waals surface area contributed by atoms with Crippen LogP contribution >= 0.6 is 17.0 Å². The van der Waals surface area contributed by atoms with Crippen molar-refractivity contribution < 1.29 is 15.6 Å². The molecule has 4 aromatic carbocycles. The van der Waals surface area contributed by atoms with Crippen molar-refractivity contribution in [2.75, 3.05) is 0 Å². The molecule has 0 aromatic heterocycles. The number of benzene rings is 4. The van der Waals surface area contributed by atoms with Crippen molar-refractivity contribution in [3.63, 3.8) is 0 Å². The second-order valence-electron chi connectivity index (χ2n) is 21.9. The van der Waals surface area contributed by atoms with Crippen molar-refractivity contribution in [1.29, 1.82) is 0 Å². The molecule has 0 radical (unpaired) electrons. The Morgan fingerprint density at radius 3 is 1.03 bits per heavy atom. The predicted octanol–water partition coefficient (Wildman–Crippen LogP) is 17.7.